The number of anilines is 1. The Kier molecular flexibility index (Phi) is 3.96. The molecule has 5 nitrogen and oxygen atoms in total. The number of rotatable bonds is 3. The Morgan fingerprint density at radius 1 is 1.45 bits per heavy atom. The number of likely N-dealkylation sites (N-methyl/N-ethyl adjacent to an activating group) is 1. The normalized spacial score (nSPS) is 21.6. The van der Waals surface area contributed by atoms with Crippen LogP contribution in [-0.4, -0.2) is 52.1 Å². The van der Waals surface area contributed by atoms with Crippen LogP contribution >= 0.6 is 11.3 Å². The number of fused-ring (bicyclic) bond motifs is 1. The van der Waals surface area contributed by atoms with Gasteiger partial charge in [0, 0.05) is 30.7 Å². The maximum atomic E-state index is 9.74. The number of aliphatic hydroxyl groups is 1. The summed E-state index contributed by atoms with van der Waals surface area (Å²) in [7, 11) is 2.19. The van der Waals surface area contributed by atoms with E-state index in [-0.39, 0.29) is 6.61 Å². The van der Waals surface area contributed by atoms with Crippen molar-refractivity contribution in [3.63, 3.8) is 0 Å². The molecule has 1 atom stereocenters. The van der Waals surface area contributed by atoms with Crippen LogP contribution < -0.4 is 4.90 Å². The number of aliphatic hydroxyl groups excluding tert-OH is 1. The number of nitrogens with zero attached hydrogens (tertiary/aromatic N) is 4. The SMILES string of the molecule is CCC1CN(C)CCCN1c1nc2sccn2c1CO. The Bertz CT molecular complexity index is 579. The second-order valence-corrected chi connectivity index (χ2v) is 6.34. The van der Waals surface area contributed by atoms with Gasteiger partial charge in [0.15, 0.2) is 10.8 Å². The quantitative estimate of drug-likeness (QED) is 0.937. The van der Waals surface area contributed by atoms with Crippen molar-refractivity contribution in [2.45, 2.75) is 32.4 Å². The van der Waals surface area contributed by atoms with Gasteiger partial charge in [-0.3, -0.25) is 4.40 Å². The van der Waals surface area contributed by atoms with Crippen LogP contribution in [-0.2, 0) is 6.61 Å². The van der Waals surface area contributed by atoms with Crippen molar-refractivity contribution in [1.82, 2.24) is 14.3 Å². The van der Waals surface area contributed by atoms with Gasteiger partial charge in [0.2, 0.25) is 0 Å². The van der Waals surface area contributed by atoms with Crippen LogP contribution in [0.4, 0.5) is 5.82 Å². The van der Waals surface area contributed by atoms with Crippen LogP contribution in [0.25, 0.3) is 4.96 Å². The number of aromatic nitrogens is 2. The molecule has 1 unspecified atom stereocenters. The van der Waals surface area contributed by atoms with E-state index < -0.39 is 0 Å². The van der Waals surface area contributed by atoms with Gasteiger partial charge in [-0.25, -0.2) is 4.98 Å². The highest BCUT2D eigenvalue weighted by atomic mass is 32.1. The van der Waals surface area contributed by atoms with Crippen LogP contribution in [0.2, 0.25) is 0 Å². The Labute approximate surface area is 123 Å². The third-order valence-electron chi connectivity index (χ3n) is 4.14. The van der Waals surface area contributed by atoms with E-state index in [0.29, 0.717) is 6.04 Å². The Morgan fingerprint density at radius 3 is 3.05 bits per heavy atom. The summed E-state index contributed by atoms with van der Waals surface area (Å²) in [4.78, 5) is 10.5. The van der Waals surface area contributed by atoms with Crippen molar-refractivity contribution >= 4 is 22.1 Å². The zero-order valence-corrected chi connectivity index (χ0v) is 12.9. The first kappa shape index (κ1) is 13.9. The molecule has 110 valence electrons. The molecule has 2 aromatic heterocycles. The van der Waals surface area contributed by atoms with Gasteiger partial charge in [0.05, 0.1) is 12.3 Å². The van der Waals surface area contributed by atoms with Crippen LogP contribution in [0.1, 0.15) is 25.5 Å². The summed E-state index contributed by atoms with van der Waals surface area (Å²) in [6, 6.07) is 0.470. The lowest BCUT2D eigenvalue weighted by molar-refractivity contribution is 0.275. The maximum absolute atomic E-state index is 9.74. The molecule has 20 heavy (non-hydrogen) atoms. The highest BCUT2D eigenvalue weighted by Crippen LogP contribution is 2.28. The molecule has 0 spiro atoms. The Hall–Kier alpha value is -1.11. The standard InChI is InChI=1S/C14H22N4OS/c1-3-11-9-16(2)5-4-6-17(11)13-12(10-19)18-7-8-20-14(18)15-13/h7-8,11,19H,3-6,9-10H2,1-2H3. The molecular formula is C14H22N4OS. The first-order chi connectivity index (χ1) is 9.74. The molecule has 2 aromatic rings. The highest BCUT2D eigenvalue weighted by Gasteiger charge is 2.27. The van der Waals surface area contributed by atoms with Gasteiger partial charge in [0.25, 0.3) is 0 Å². The lowest BCUT2D eigenvalue weighted by Gasteiger charge is -2.31. The molecule has 6 heteroatoms. The van der Waals surface area contributed by atoms with E-state index in [1.807, 2.05) is 16.0 Å². The van der Waals surface area contributed by atoms with E-state index in [1.165, 1.54) is 0 Å². The average Bonchev–Trinajstić information content (AvgIpc) is 2.96. The molecule has 1 aliphatic rings. The minimum Gasteiger partial charge on any atom is -0.390 e. The van der Waals surface area contributed by atoms with Gasteiger partial charge >= 0.3 is 0 Å². The lowest BCUT2D eigenvalue weighted by atomic mass is 10.2. The minimum atomic E-state index is 0.0377. The predicted octanol–water partition coefficient (Wildman–Crippen LogP) is 1.81. The summed E-state index contributed by atoms with van der Waals surface area (Å²) in [5.74, 6) is 0.974. The molecule has 3 heterocycles. The largest absolute Gasteiger partial charge is 0.390 e. The van der Waals surface area contributed by atoms with Crippen LogP contribution in [0, 0.1) is 0 Å². The molecule has 0 aromatic carbocycles. The van der Waals surface area contributed by atoms with Gasteiger partial charge in [-0.1, -0.05) is 6.92 Å². The van der Waals surface area contributed by atoms with Gasteiger partial charge in [-0.15, -0.1) is 11.3 Å². The molecule has 1 aliphatic heterocycles. The fraction of sp³-hybridized carbons (Fsp3) is 0.643. The van der Waals surface area contributed by atoms with Crippen molar-refractivity contribution in [2.75, 3.05) is 31.6 Å². The van der Waals surface area contributed by atoms with E-state index in [2.05, 4.69) is 23.8 Å². The first-order valence-electron chi connectivity index (χ1n) is 7.25. The summed E-state index contributed by atoms with van der Waals surface area (Å²) < 4.78 is 2.02. The van der Waals surface area contributed by atoms with Crippen LogP contribution in [0.3, 0.4) is 0 Å². The fourth-order valence-corrected chi connectivity index (χ4v) is 3.80. The summed E-state index contributed by atoms with van der Waals surface area (Å²) in [5, 5.41) is 11.8. The number of imidazole rings is 1. The average molecular weight is 294 g/mol. The first-order valence-corrected chi connectivity index (χ1v) is 8.13. The summed E-state index contributed by atoms with van der Waals surface area (Å²) in [6.07, 6.45) is 4.23. The van der Waals surface area contributed by atoms with E-state index in [0.717, 1.165) is 48.9 Å². The monoisotopic (exact) mass is 294 g/mol. The van der Waals surface area contributed by atoms with Crippen LogP contribution in [0.5, 0.6) is 0 Å². The minimum absolute atomic E-state index is 0.0377. The molecule has 1 N–H and O–H groups in total. The van der Waals surface area contributed by atoms with Crippen molar-refractivity contribution in [2.24, 2.45) is 0 Å². The maximum Gasteiger partial charge on any atom is 0.195 e. The smallest absolute Gasteiger partial charge is 0.195 e. The Balaban J connectivity index is 2.00. The molecule has 3 rings (SSSR count). The molecule has 1 fully saturated rings. The summed E-state index contributed by atoms with van der Waals surface area (Å²) in [6.45, 7) is 5.47. The number of thiazole rings is 1. The fourth-order valence-electron chi connectivity index (χ4n) is 3.07. The molecule has 0 bridgehead atoms. The molecule has 0 radical (unpaired) electrons. The van der Waals surface area contributed by atoms with E-state index in [1.54, 1.807) is 11.3 Å². The molecule has 0 saturated carbocycles. The zero-order valence-electron chi connectivity index (χ0n) is 12.1. The van der Waals surface area contributed by atoms with Crippen LogP contribution in [0.15, 0.2) is 11.6 Å². The molecule has 0 amide bonds. The van der Waals surface area contributed by atoms with Gasteiger partial charge < -0.3 is 14.9 Å². The summed E-state index contributed by atoms with van der Waals surface area (Å²) in [5.41, 5.74) is 0.921. The number of hydrogen-bond donors (Lipinski definition) is 1. The van der Waals surface area contributed by atoms with Gasteiger partial charge in [0.1, 0.15) is 0 Å². The number of hydrogen-bond acceptors (Lipinski definition) is 5. The zero-order chi connectivity index (χ0) is 14.1. The van der Waals surface area contributed by atoms with Crippen molar-refractivity contribution in [3.8, 4) is 0 Å². The third kappa shape index (κ3) is 2.32. The predicted molar refractivity (Wildman–Crippen MR) is 82.5 cm³/mol. The van der Waals surface area contributed by atoms with E-state index in [4.69, 9.17) is 4.98 Å². The van der Waals surface area contributed by atoms with Crippen molar-refractivity contribution in [3.05, 3.63) is 17.3 Å². The summed E-state index contributed by atoms with van der Waals surface area (Å²) >= 11 is 1.62. The highest BCUT2D eigenvalue weighted by molar-refractivity contribution is 7.15. The lowest BCUT2D eigenvalue weighted by Crippen LogP contribution is -2.40. The van der Waals surface area contributed by atoms with Crippen molar-refractivity contribution < 1.29 is 5.11 Å². The molecular weight excluding hydrogens is 272 g/mol. The van der Waals surface area contributed by atoms with Crippen molar-refractivity contribution in [1.29, 1.82) is 0 Å². The third-order valence-corrected chi connectivity index (χ3v) is 4.89. The van der Waals surface area contributed by atoms with E-state index >= 15 is 0 Å². The topological polar surface area (TPSA) is 44.0 Å². The van der Waals surface area contributed by atoms with Gasteiger partial charge in [-0.2, -0.15) is 0 Å². The Morgan fingerprint density at radius 2 is 2.30 bits per heavy atom. The molecule has 1 saturated heterocycles. The second-order valence-electron chi connectivity index (χ2n) is 5.47. The van der Waals surface area contributed by atoms with E-state index in [9.17, 15) is 5.11 Å². The van der Waals surface area contributed by atoms with Gasteiger partial charge in [-0.05, 0) is 26.4 Å². The second kappa shape index (κ2) is 5.71. The molecule has 0 aliphatic carbocycles.